The standard InChI is InChI=1S/C16H25N3OS/c21-16(17-9-14-2-1-3-20-14)19-18-15-12-5-10-4-11(7-12)8-13(15)6-10/h10-14H,1-9H2,(H2,17,19,21)/t10?,11?,12?,13?,14-/m1/s1. The van der Waals surface area contributed by atoms with E-state index in [0.717, 1.165) is 43.2 Å². The summed E-state index contributed by atoms with van der Waals surface area (Å²) in [6.45, 7) is 1.69. The summed E-state index contributed by atoms with van der Waals surface area (Å²) in [5.74, 6) is 3.43. The van der Waals surface area contributed by atoms with Gasteiger partial charge in [0, 0.05) is 18.9 Å². The lowest BCUT2D eigenvalue weighted by Crippen LogP contribution is -2.47. The third kappa shape index (κ3) is 2.95. The monoisotopic (exact) mass is 307 g/mol. The number of nitrogens with one attached hydrogen (secondary N) is 2. The van der Waals surface area contributed by atoms with Crippen LogP contribution >= 0.6 is 12.2 Å². The molecule has 5 heteroatoms. The van der Waals surface area contributed by atoms with Crippen molar-refractivity contribution in [2.24, 2.45) is 28.8 Å². The first kappa shape index (κ1) is 13.9. The number of hydrogen-bond acceptors (Lipinski definition) is 3. The van der Waals surface area contributed by atoms with Crippen LogP contribution in [0.5, 0.6) is 0 Å². The van der Waals surface area contributed by atoms with Gasteiger partial charge in [0.15, 0.2) is 5.11 Å². The van der Waals surface area contributed by atoms with Crippen LogP contribution in [-0.4, -0.2) is 30.1 Å². The molecule has 1 aliphatic heterocycles. The Morgan fingerprint density at radius 2 is 1.86 bits per heavy atom. The van der Waals surface area contributed by atoms with Gasteiger partial charge < -0.3 is 10.1 Å². The molecule has 1 atom stereocenters. The van der Waals surface area contributed by atoms with Crippen LogP contribution in [0.3, 0.4) is 0 Å². The highest BCUT2D eigenvalue weighted by molar-refractivity contribution is 7.80. The predicted molar refractivity (Wildman–Crippen MR) is 87.2 cm³/mol. The molecule has 0 unspecified atom stereocenters. The van der Waals surface area contributed by atoms with Crippen molar-refractivity contribution in [1.82, 2.24) is 10.7 Å². The van der Waals surface area contributed by atoms with Crippen molar-refractivity contribution in [2.45, 2.75) is 51.0 Å². The summed E-state index contributed by atoms with van der Waals surface area (Å²) in [7, 11) is 0. The second-order valence-corrected chi connectivity index (χ2v) is 7.71. The van der Waals surface area contributed by atoms with E-state index in [9.17, 15) is 0 Å². The van der Waals surface area contributed by atoms with Gasteiger partial charge in [-0.2, -0.15) is 5.10 Å². The molecule has 1 heterocycles. The Hall–Kier alpha value is -0.680. The lowest BCUT2D eigenvalue weighted by Gasteiger charge is -2.50. The van der Waals surface area contributed by atoms with Gasteiger partial charge in [-0.15, -0.1) is 0 Å². The van der Waals surface area contributed by atoms with Gasteiger partial charge in [0.2, 0.25) is 0 Å². The SMILES string of the molecule is S=C(NC[C@H]1CCCO1)NN=C1C2CC3CC(C2)CC1C3. The second-order valence-electron chi connectivity index (χ2n) is 7.30. The molecular weight excluding hydrogens is 282 g/mol. The molecule has 21 heavy (non-hydrogen) atoms. The number of nitrogens with zero attached hydrogens (tertiary/aromatic N) is 1. The van der Waals surface area contributed by atoms with E-state index < -0.39 is 0 Å². The molecule has 5 aliphatic rings. The highest BCUT2D eigenvalue weighted by Crippen LogP contribution is 2.52. The number of ether oxygens (including phenoxy) is 1. The fraction of sp³-hybridized carbons (Fsp3) is 0.875. The van der Waals surface area contributed by atoms with E-state index in [1.807, 2.05) is 0 Å². The summed E-state index contributed by atoms with van der Waals surface area (Å²) in [4.78, 5) is 0. The lowest BCUT2D eigenvalue weighted by atomic mass is 9.55. The van der Waals surface area contributed by atoms with Crippen LogP contribution in [0.2, 0.25) is 0 Å². The van der Waals surface area contributed by atoms with Crippen molar-refractivity contribution in [1.29, 1.82) is 0 Å². The maximum Gasteiger partial charge on any atom is 0.187 e. The molecule has 0 spiro atoms. The van der Waals surface area contributed by atoms with Crippen LogP contribution in [-0.2, 0) is 4.74 Å². The van der Waals surface area contributed by atoms with Gasteiger partial charge in [-0.1, -0.05) is 0 Å². The Labute approximate surface area is 132 Å². The van der Waals surface area contributed by atoms with E-state index in [2.05, 4.69) is 10.7 Å². The lowest BCUT2D eigenvalue weighted by molar-refractivity contribution is 0.108. The van der Waals surface area contributed by atoms with Crippen molar-refractivity contribution in [3.63, 3.8) is 0 Å². The summed E-state index contributed by atoms with van der Waals surface area (Å²) < 4.78 is 5.59. The van der Waals surface area contributed by atoms with E-state index in [1.165, 1.54) is 44.2 Å². The van der Waals surface area contributed by atoms with E-state index in [1.54, 1.807) is 0 Å². The number of hydrazone groups is 1. The zero-order valence-corrected chi connectivity index (χ0v) is 13.3. The summed E-state index contributed by atoms with van der Waals surface area (Å²) in [5, 5.41) is 8.57. The molecule has 0 amide bonds. The minimum atomic E-state index is 0.318. The number of rotatable bonds is 3. The van der Waals surface area contributed by atoms with Crippen LogP contribution in [0.15, 0.2) is 5.10 Å². The highest BCUT2D eigenvalue weighted by atomic mass is 32.1. The summed E-state index contributed by atoms with van der Waals surface area (Å²) in [6.07, 6.45) is 9.56. The normalized spacial score (nSPS) is 40.4. The van der Waals surface area contributed by atoms with Crippen LogP contribution in [0.25, 0.3) is 0 Å². The quantitative estimate of drug-likeness (QED) is 0.621. The summed E-state index contributed by atoms with van der Waals surface area (Å²) in [6, 6.07) is 0. The molecule has 5 fully saturated rings. The predicted octanol–water partition coefficient (Wildman–Crippen LogP) is 2.44. The molecule has 0 radical (unpaired) electrons. The molecule has 0 aromatic rings. The molecule has 4 bridgehead atoms. The second kappa shape index (κ2) is 5.84. The molecule has 4 aliphatic carbocycles. The Bertz CT molecular complexity index is 415. The first-order valence-corrected chi connectivity index (χ1v) is 8.91. The van der Waals surface area contributed by atoms with Gasteiger partial charge in [-0.25, -0.2) is 0 Å². The van der Waals surface area contributed by atoms with Crippen LogP contribution < -0.4 is 10.7 Å². The zero-order chi connectivity index (χ0) is 14.2. The first-order chi connectivity index (χ1) is 10.3. The maximum atomic E-state index is 5.59. The molecule has 4 saturated carbocycles. The third-order valence-corrected chi connectivity index (χ3v) is 6.01. The minimum Gasteiger partial charge on any atom is -0.376 e. The van der Waals surface area contributed by atoms with E-state index in [-0.39, 0.29) is 0 Å². The molecule has 4 nitrogen and oxygen atoms in total. The Morgan fingerprint density at radius 1 is 1.14 bits per heavy atom. The molecule has 0 aromatic carbocycles. The fourth-order valence-electron chi connectivity index (χ4n) is 5.02. The van der Waals surface area contributed by atoms with Gasteiger partial charge >= 0.3 is 0 Å². The number of hydrogen-bond donors (Lipinski definition) is 2. The fourth-order valence-corrected chi connectivity index (χ4v) is 5.15. The average Bonchev–Trinajstić information content (AvgIpc) is 2.97. The van der Waals surface area contributed by atoms with Crippen LogP contribution in [0.4, 0.5) is 0 Å². The summed E-state index contributed by atoms with van der Waals surface area (Å²) in [5.41, 5.74) is 4.49. The van der Waals surface area contributed by atoms with Crippen molar-refractivity contribution in [2.75, 3.05) is 13.2 Å². The largest absolute Gasteiger partial charge is 0.376 e. The van der Waals surface area contributed by atoms with Gasteiger partial charge in [0.05, 0.1) is 6.10 Å². The Kier molecular flexibility index (Phi) is 3.88. The van der Waals surface area contributed by atoms with Crippen molar-refractivity contribution in [3.8, 4) is 0 Å². The summed E-state index contributed by atoms with van der Waals surface area (Å²) >= 11 is 5.34. The van der Waals surface area contributed by atoms with Crippen LogP contribution in [0, 0.1) is 23.7 Å². The van der Waals surface area contributed by atoms with Crippen molar-refractivity contribution < 1.29 is 4.74 Å². The highest BCUT2D eigenvalue weighted by Gasteiger charge is 2.46. The smallest absolute Gasteiger partial charge is 0.187 e. The average molecular weight is 307 g/mol. The van der Waals surface area contributed by atoms with Gasteiger partial charge in [0.25, 0.3) is 0 Å². The van der Waals surface area contributed by atoms with E-state index in [0.29, 0.717) is 11.2 Å². The molecule has 5 rings (SSSR count). The van der Waals surface area contributed by atoms with Gasteiger partial charge in [-0.3, -0.25) is 5.43 Å². The first-order valence-electron chi connectivity index (χ1n) is 8.51. The van der Waals surface area contributed by atoms with Gasteiger partial charge in [-0.05, 0) is 80.8 Å². The Morgan fingerprint density at radius 3 is 2.48 bits per heavy atom. The van der Waals surface area contributed by atoms with E-state index >= 15 is 0 Å². The minimum absolute atomic E-state index is 0.318. The third-order valence-electron chi connectivity index (χ3n) is 5.78. The van der Waals surface area contributed by atoms with Crippen LogP contribution in [0.1, 0.15) is 44.9 Å². The molecule has 116 valence electrons. The maximum absolute atomic E-state index is 5.59. The van der Waals surface area contributed by atoms with Gasteiger partial charge in [0.1, 0.15) is 0 Å². The number of thiocarbonyl (C=S) groups is 1. The van der Waals surface area contributed by atoms with Crippen molar-refractivity contribution in [3.05, 3.63) is 0 Å². The molecule has 2 N–H and O–H groups in total. The molecular formula is C16H25N3OS. The van der Waals surface area contributed by atoms with Crippen molar-refractivity contribution >= 4 is 23.0 Å². The molecule has 0 aromatic heterocycles. The topological polar surface area (TPSA) is 45.6 Å². The Balaban J connectivity index is 1.30. The van der Waals surface area contributed by atoms with E-state index in [4.69, 9.17) is 22.1 Å². The molecule has 1 saturated heterocycles. The zero-order valence-electron chi connectivity index (χ0n) is 12.5.